The Bertz CT molecular complexity index is 645. The largest absolute Gasteiger partial charge is 0.384 e. The number of amides is 1. The molecule has 1 aliphatic rings. The Balaban J connectivity index is 1.66. The molecule has 22 heavy (non-hydrogen) atoms. The molecule has 2 aromatic rings. The summed E-state index contributed by atoms with van der Waals surface area (Å²) in [5.74, 6) is 1.19. The first-order valence-corrected chi connectivity index (χ1v) is 7.34. The topological polar surface area (TPSA) is 75.3 Å². The zero-order chi connectivity index (χ0) is 15.5. The van der Waals surface area contributed by atoms with Crippen LogP contribution in [-0.2, 0) is 0 Å². The maximum Gasteiger partial charge on any atom is 0.253 e. The second kappa shape index (κ2) is 6.01. The van der Waals surface area contributed by atoms with Crippen LogP contribution in [0.15, 0.2) is 36.4 Å². The van der Waals surface area contributed by atoms with Crippen molar-refractivity contribution in [2.45, 2.75) is 6.92 Å². The van der Waals surface area contributed by atoms with E-state index >= 15 is 0 Å². The van der Waals surface area contributed by atoms with E-state index in [0.717, 1.165) is 11.3 Å². The summed E-state index contributed by atoms with van der Waals surface area (Å²) >= 11 is 0. The van der Waals surface area contributed by atoms with Gasteiger partial charge in [0.15, 0.2) is 0 Å². The van der Waals surface area contributed by atoms with Crippen molar-refractivity contribution in [3.05, 3.63) is 47.7 Å². The van der Waals surface area contributed by atoms with Crippen LogP contribution in [0.5, 0.6) is 0 Å². The molecule has 3 rings (SSSR count). The van der Waals surface area contributed by atoms with Crippen LogP contribution in [-0.4, -0.2) is 47.0 Å². The number of nitrogen functional groups attached to an aromatic ring is 1. The van der Waals surface area contributed by atoms with Crippen molar-refractivity contribution in [1.29, 1.82) is 0 Å². The molecule has 1 aliphatic heterocycles. The average Bonchev–Trinajstić information content (AvgIpc) is 2.54. The van der Waals surface area contributed by atoms with E-state index in [-0.39, 0.29) is 5.91 Å². The molecule has 0 saturated carbocycles. The molecule has 1 saturated heterocycles. The first kappa shape index (κ1) is 14.3. The molecule has 6 nitrogen and oxygen atoms in total. The van der Waals surface area contributed by atoms with Crippen molar-refractivity contribution in [1.82, 2.24) is 14.9 Å². The number of hydrogen-bond donors (Lipinski definition) is 1. The molecule has 0 aliphatic carbocycles. The van der Waals surface area contributed by atoms with Gasteiger partial charge in [-0.2, -0.15) is 4.98 Å². The van der Waals surface area contributed by atoms with Crippen LogP contribution < -0.4 is 10.6 Å². The monoisotopic (exact) mass is 297 g/mol. The number of nitrogens with zero attached hydrogens (tertiary/aromatic N) is 4. The molecular formula is C16H19N5O. The zero-order valence-corrected chi connectivity index (χ0v) is 12.6. The fourth-order valence-corrected chi connectivity index (χ4v) is 2.59. The number of aromatic nitrogens is 2. The van der Waals surface area contributed by atoms with E-state index < -0.39 is 0 Å². The lowest BCUT2D eigenvalue weighted by Crippen LogP contribution is -2.49. The lowest BCUT2D eigenvalue weighted by Gasteiger charge is -2.34. The standard InChI is InChI=1S/C16H19N5O/c1-12-11-14(17)19-16(18-12)21-9-7-20(8-10-21)15(22)13-5-3-2-4-6-13/h2-6,11H,7-10H2,1H3,(H2,17,18,19). The summed E-state index contributed by atoms with van der Waals surface area (Å²) in [5.41, 5.74) is 7.36. The maximum atomic E-state index is 12.4. The molecule has 1 fully saturated rings. The molecule has 114 valence electrons. The molecule has 0 atom stereocenters. The summed E-state index contributed by atoms with van der Waals surface area (Å²) in [6.07, 6.45) is 0. The highest BCUT2D eigenvalue weighted by Crippen LogP contribution is 2.15. The van der Waals surface area contributed by atoms with Gasteiger partial charge < -0.3 is 15.5 Å². The first-order valence-electron chi connectivity index (χ1n) is 7.34. The minimum Gasteiger partial charge on any atom is -0.384 e. The van der Waals surface area contributed by atoms with E-state index in [1.165, 1.54) is 0 Å². The van der Waals surface area contributed by atoms with E-state index in [0.29, 0.717) is 37.9 Å². The van der Waals surface area contributed by atoms with Gasteiger partial charge >= 0.3 is 0 Å². The number of carbonyl (C=O) groups is 1. The predicted octanol–water partition coefficient (Wildman–Crippen LogP) is 1.33. The number of piperazine rings is 1. The van der Waals surface area contributed by atoms with Gasteiger partial charge in [-0.25, -0.2) is 4.98 Å². The summed E-state index contributed by atoms with van der Waals surface area (Å²) < 4.78 is 0. The molecular weight excluding hydrogens is 278 g/mol. The van der Waals surface area contributed by atoms with Gasteiger partial charge in [-0.15, -0.1) is 0 Å². The van der Waals surface area contributed by atoms with Gasteiger partial charge in [0.2, 0.25) is 5.95 Å². The van der Waals surface area contributed by atoms with Gasteiger partial charge in [-0.1, -0.05) is 18.2 Å². The van der Waals surface area contributed by atoms with E-state index in [9.17, 15) is 4.79 Å². The van der Waals surface area contributed by atoms with Crippen LogP contribution in [0, 0.1) is 6.92 Å². The molecule has 1 aromatic carbocycles. The molecule has 1 amide bonds. The van der Waals surface area contributed by atoms with Crippen LogP contribution >= 0.6 is 0 Å². The van der Waals surface area contributed by atoms with Crippen LogP contribution in [0.1, 0.15) is 16.1 Å². The second-order valence-corrected chi connectivity index (χ2v) is 5.38. The lowest BCUT2D eigenvalue weighted by molar-refractivity contribution is 0.0746. The predicted molar refractivity (Wildman–Crippen MR) is 85.7 cm³/mol. The third kappa shape index (κ3) is 3.00. The number of carbonyl (C=O) groups excluding carboxylic acids is 1. The van der Waals surface area contributed by atoms with E-state index in [2.05, 4.69) is 14.9 Å². The molecule has 6 heteroatoms. The minimum absolute atomic E-state index is 0.0740. The number of hydrogen-bond acceptors (Lipinski definition) is 5. The van der Waals surface area contributed by atoms with Crippen molar-refractivity contribution >= 4 is 17.7 Å². The van der Waals surface area contributed by atoms with E-state index in [1.807, 2.05) is 42.2 Å². The minimum atomic E-state index is 0.0740. The fourth-order valence-electron chi connectivity index (χ4n) is 2.59. The van der Waals surface area contributed by atoms with Gasteiger partial charge in [0, 0.05) is 43.5 Å². The molecule has 0 spiro atoms. The smallest absolute Gasteiger partial charge is 0.253 e. The molecule has 1 aromatic heterocycles. The number of benzene rings is 1. The highest BCUT2D eigenvalue weighted by molar-refractivity contribution is 5.94. The van der Waals surface area contributed by atoms with Crippen LogP contribution in [0.25, 0.3) is 0 Å². The van der Waals surface area contributed by atoms with E-state index in [4.69, 9.17) is 5.73 Å². The third-order valence-corrected chi connectivity index (χ3v) is 3.73. The normalized spacial score (nSPS) is 15.0. The van der Waals surface area contributed by atoms with Gasteiger partial charge in [-0.05, 0) is 19.1 Å². The van der Waals surface area contributed by atoms with Gasteiger partial charge in [0.25, 0.3) is 5.91 Å². The van der Waals surface area contributed by atoms with Gasteiger partial charge in [0.1, 0.15) is 5.82 Å². The third-order valence-electron chi connectivity index (χ3n) is 3.73. The summed E-state index contributed by atoms with van der Waals surface area (Å²) in [6, 6.07) is 11.1. The van der Waals surface area contributed by atoms with Crippen molar-refractivity contribution < 1.29 is 4.79 Å². The first-order chi connectivity index (χ1) is 10.6. The van der Waals surface area contributed by atoms with Crippen molar-refractivity contribution in [2.75, 3.05) is 36.8 Å². The van der Waals surface area contributed by atoms with Crippen molar-refractivity contribution in [2.24, 2.45) is 0 Å². The van der Waals surface area contributed by atoms with Gasteiger partial charge in [-0.3, -0.25) is 4.79 Å². The van der Waals surface area contributed by atoms with Crippen LogP contribution in [0.3, 0.4) is 0 Å². The Kier molecular flexibility index (Phi) is 3.91. The Morgan fingerprint density at radius 1 is 1.09 bits per heavy atom. The Labute approximate surface area is 129 Å². The summed E-state index contributed by atoms with van der Waals surface area (Å²) in [4.78, 5) is 25.0. The highest BCUT2D eigenvalue weighted by Gasteiger charge is 2.23. The van der Waals surface area contributed by atoms with Gasteiger partial charge in [0.05, 0.1) is 0 Å². The number of anilines is 2. The Morgan fingerprint density at radius 2 is 1.77 bits per heavy atom. The Morgan fingerprint density at radius 3 is 2.41 bits per heavy atom. The Hall–Kier alpha value is -2.63. The molecule has 0 bridgehead atoms. The number of rotatable bonds is 2. The summed E-state index contributed by atoms with van der Waals surface area (Å²) in [6.45, 7) is 4.63. The second-order valence-electron chi connectivity index (χ2n) is 5.38. The van der Waals surface area contributed by atoms with E-state index in [1.54, 1.807) is 6.07 Å². The number of aryl methyl sites for hydroxylation is 1. The maximum absolute atomic E-state index is 12.4. The lowest BCUT2D eigenvalue weighted by atomic mass is 10.2. The fraction of sp³-hybridized carbons (Fsp3) is 0.312. The molecule has 0 radical (unpaired) electrons. The summed E-state index contributed by atoms with van der Waals surface area (Å²) in [5, 5.41) is 0. The van der Waals surface area contributed by atoms with Crippen molar-refractivity contribution in [3.8, 4) is 0 Å². The molecule has 2 heterocycles. The van der Waals surface area contributed by atoms with Crippen LogP contribution in [0.4, 0.5) is 11.8 Å². The quantitative estimate of drug-likeness (QED) is 0.905. The summed E-state index contributed by atoms with van der Waals surface area (Å²) in [7, 11) is 0. The molecule has 0 unspecified atom stereocenters. The SMILES string of the molecule is Cc1cc(N)nc(N2CCN(C(=O)c3ccccc3)CC2)n1. The zero-order valence-electron chi connectivity index (χ0n) is 12.6. The van der Waals surface area contributed by atoms with Crippen molar-refractivity contribution in [3.63, 3.8) is 0 Å². The van der Waals surface area contributed by atoms with Crippen LogP contribution in [0.2, 0.25) is 0 Å². The highest BCUT2D eigenvalue weighted by atomic mass is 16.2. The molecule has 2 N–H and O–H groups in total. The average molecular weight is 297 g/mol. The number of nitrogens with two attached hydrogens (primary N) is 1.